The van der Waals surface area contributed by atoms with E-state index in [1.165, 1.54) is 18.2 Å². The summed E-state index contributed by atoms with van der Waals surface area (Å²) >= 11 is 5.77. The summed E-state index contributed by atoms with van der Waals surface area (Å²) in [6.45, 7) is -0.0564. The highest BCUT2D eigenvalue weighted by Gasteiger charge is 2.09. The van der Waals surface area contributed by atoms with E-state index in [0.29, 0.717) is 17.1 Å². The SMILES string of the molecule is O=C(COC(=O)Cc1cccc(F)c1)NCc1ccc(Cl)cc1. The topological polar surface area (TPSA) is 55.4 Å². The van der Waals surface area contributed by atoms with Gasteiger partial charge in [-0.2, -0.15) is 0 Å². The molecule has 0 radical (unpaired) electrons. The Morgan fingerprint density at radius 2 is 1.83 bits per heavy atom. The molecular formula is C17H15ClFNO3. The Bertz CT molecular complexity index is 688. The zero-order chi connectivity index (χ0) is 16.7. The number of rotatable bonds is 6. The van der Waals surface area contributed by atoms with Crippen LogP contribution in [-0.4, -0.2) is 18.5 Å². The first-order valence-corrected chi connectivity index (χ1v) is 7.32. The molecule has 6 heteroatoms. The highest BCUT2D eigenvalue weighted by atomic mass is 35.5. The molecule has 0 aliphatic heterocycles. The molecule has 0 aliphatic carbocycles. The molecule has 0 atom stereocenters. The maximum absolute atomic E-state index is 13.0. The van der Waals surface area contributed by atoms with Crippen LogP contribution in [0.5, 0.6) is 0 Å². The first-order valence-electron chi connectivity index (χ1n) is 6.94. The zero-order valence-corrected chi connectivity index (χ0v) is 13.0. The molecular weight excluding hydrogens is 321 g/mol. The number of carbonyl (C=O) groups is 2. The molecule has 23 heavy (non-hydrogen) atoms. The molecule has 0 unspecified atom stereocenters. The Hall–Kier alpha value is -2.40. The van der Waals surface area contributed by atoms with Crippen molar-refractivity contribution in [3.63, 3.8) is 0 Å². The second kappa shape index (κ2) is 8.29. The predicted octanol–water partition coefficient (Wildman–Crippen LogP) is 2.88. The minimum absolute atomic E-state index is 0.0811. The van der Waals surface area contributed by atoms with Gasteiger partial charge in [-0.1, -0.05) is 35.9 Å². The van der Waals surface area contributed by atoms with Crippen molar-refractivity contribution in [2.75, 3.05) is 6.61 Å². The molecule has 2 rings (SSSR count). The van der Waals surface area contributed by atoms with Crippen LogP contribution in [0.1, 0.15) is 11.1 Å². The largest absolute Gasteiger partial charge is 0.455 e. The number of esters is 1. The minimum atomic E-state index is -0.586. The molecule has 2 aromatic carbocycles. The summed E-state index contributed by atoms with van der Waals surface area (Å²) in [5, 5.41) is 3.24. The van der Waals surface area contributed by atoms with Crippen molar-refractivity contribution in [2.24, 2.45) is 0 Å². The third-order valence-electron chi connectivity index (χ3n) is 3.00. The van der Waals surface area contributed by atoms with E-state index in [4.69, 9.17) is 16.3 Å². The van der Waals surface area contributed by atoms with Gasteiger partial charge in [0.15, 0.2) is 6.61 Å². The van der Waals surface area contributed by atoms with Crippen LogP contribution in [0, 0.1) is 5.82 Å². The normalized spacial score (nSPS) is 10.2. The van der Waals surface area contributed by atoms with Crippen LogP contribution in [0.2, 0.25) is 5.02 Å². The second-order valence-electron chi connectivity index (χ2n) is 4.87. The molecule has 0 saturated heterocycles. The molecule has 0 spiro atoms. The lowest BCUT2D eigenvalue weighted by Crippen LogP contribution is -2.28. The third-order valence-corrected chi connectivity index (χ3v) is 3.26. The molecule has 0 bridgehead atoms. The Morgan fingerprint density at radius 1 is 1.09 bits per heavy atom. The van der Waals surface area contributed by atoms with Gasteiger partial charge in [-0.25, -0.2) is 4.39 Å². The lowest BCUT2D eigenvalue weighted by molar-refractivity contribution is -0.147. The summed E-state index contributed by atoms with van der Waals surface area (Å²) in [4.78, 5) is 23.2. The first kappa shape index (κ1) is 17.0. The van der Waals surface area contributed by atoms with E-state index in [2.05, 4.69) is 5.32 Å². The summed E-state index contributed by atoms with van der Waals surface area (Å²) < 4.78 is 17.9. The minimum Gasteiger partial charge on any atom is -0.455 e. The average molecular weight is 336 g/mol. The molecule has 1 N–H and O–H groups in total. The van der Waals surface area contributed by atoms with Crippen molar-refractivity contribution in [1.82, 2.24) is 5.32 Å². The van der Waals surface area contributed by atoms with Gasteiger partial charge in [-0.3, -0.25) is 9.59 Å². The summed E-state index contributed by atoms with van der Waals surface area (Å²) in [5.41, 5.74) is 1.38. The number of ether oxygens (including phenoxy) is 1. The van der Waals surface area contributed by atoms with E-state index in [1.807, 2.05) is 0 Å². The lowest BCUT2D eigenvalue weighted by atomic mass is 10.1. The van der Waals surface area contributed by atoms with Crippen LogP contribution < -0.4 is 5.32 Å². The van der Waals surface area contributed by atoms with Crippen molar-refractivity contribution in [1.29, 1.82) is 0 Å². The summed E-state index contributed by atoms with van der Waals surface area (Å²) in [6, 6.07) is 12.7. The van der Waals surface area contributed by atoms with E-state index in [9.17, 15) is 14.0 Å². The Morgan fingerprint density at radius 3 is 2.52 bits per heavy atom. The van der Waals surface area contributed by atoms with Gasteiger partial charge in [0.2, 0.25) is 0 Å². The molecule has 2 aromatic rings. The number of hydrogen-bond donors (Lipinski definition) is 1. The number of nitrogens with one attached hydrogen (secondary N) is 1. The monoisotopic (exact) mass is 335 g/mol. The Balaban J connectivity index is 1.71. The summed E-state index contributed by atoms with van der Waals surface area (Å²) in [7, 11) is 0. The van der Waals surface area contributed by atoms with Crippen LogP contribution in [0.4, 0.5) is 4.39 Å². The van der Waals surface area contributed by atoms with Crippen molar-refractivity contribution >= 4 is 23.5 Å². The quantitative estimate of drug-likeness (QED) is 0.826. The van der Waals surface area contributed by atoms with Gasteiger partial charge >= 0.3 is 5.97 Å². The van der Waals surface area contributed by atoms with Gasteiger partial charge in [-0.15, -0.1) is 0 Å². The predicted molar refractivity (Wildman–Crippen MR) is 84.4 cm³/mol. The molecule has 0 aliphatic rings. The molecule has 0 aromatic heterocycles. The fourth-order valence-corrected chi connectivity index (χ4v) is 1.99. The van der Waals surface area contributed by atoms with E-state index in [-0.39, 0.29) is 13.0 Å². The number of hydrogen-bond acceptors (Lipinski definition) is 3. The number of carbonyl (C=O) groups excluding carboxylic acids is 2. The van der Waals surface area contributed by atoms with Crippen LogP contribution in [0.15, 0.2) is 48.5 Å². The van der Waals surface area contributed by atoms with E-state index >= 15 is 0 Å². The van der Waals surface area contributed by atoms with E-state index in [0.717, 1.165) is 5.56 Å². The van der Waals surface area contributed by atoms with Crippen LogP contribution >= 0.6 is 11.6 Å². The fraction of sp³-hybridized carbons (Fsp3) is 0.176. The van der Waals surface area contributed by atoms with Gasteiger partial charge in [0.1, 0.15) is 5.82 Å². The van der Waals surface area contributed by atoms with Gasteiger partial charge in [-0.05, 0) is 35.4 Å². The van der Waals surface area contributed by atoms with Gasteiger partial charge in [0.25, 0.3) is 5.91 Å². The smallest absolute Gasteiger partial charge is 0.310 e. The molecule has 0 saturated carbocycles. The fourth-order valence-electron chi connectivity index (χ4n) is 1.86. The summed E-state index contributed by atoms with van der Waals surface area (Å²) in [5.74, 6) is -1.42. The molecule has 0 heterocycles. The molecule has 4 nitrogen and oxygen atoms in total. The average Bonchev–Trinajstić information content (AvgIpc) is 2.52. The summed E-state index contributed by atoms with van der Waals surface area (Å²) in [6.07, 6.45) is -0.0811. The van der Waals surface area contributed by atoms with Gasteiger partial charge < -0.3 is 10.1 Å². The Labute approximate surface area is 138 Å². The van der Waals surface area contributed by atoms with Crippen LogP contribution in [-0.2, 0) is 27.3 Å². The number of amides is 1. The van der Waals surface area contributed by atoms with Crippen LogP contribution in [0.25, 0.3) is 0 Å². The van der Waals surface area contributed by atoms with Crippen molar-refractivity contribution in [3.8, 4) is 0 Å². The van der Waals surface area contributed by atoms with E-state index < -0.39 is 17.7 Å². The Kier molecular flexibility index (Phi) is 6.11. The molecule has 1 amide bonds. The number of benzene rings is 2. The lowest BCUT2D eigenvalue weighted by Gasteiger charge is -2.07. The van der Waals surface area contributed by atoms with Crippen molar-refractivity contribution in [2.45, 2.75) is 13.0 Å². The zero-order valence-electron chi connectivity index (χ0n) is 12.2. The van der Waals surface area contributed by atoms with E-state index in [1.54, 1.807) is 30.3 Å². The molecule has 0 fully saturated rings. The first-order chi connectivity index (χ1) is 11.0. The third kappa shape index (κ3) is 6.08. The van der Waals surface area contributed by atoms with Gasteiger partial charge in [0.05, 0.1) is 6.42 Å². The maximum Gasteiger partial charge on any atom is 0.310 e. The van der Waals surface area contributed by atoms with Crippen molar-refractivity contribution < 1.29 is 18.7 Å². The van der Waals surface area contributed by atoms with Crippen LogP contribution in [0.3, 0.4) is 0 Å². The van der Waals surface area contributed by atoms with Crippen molar-refractivity contribution in [3.05, 3.63) is 70.5 Å². The second-order valence-corrected chi connectivity index (χ2v) is 5.31. The highest BCUT2D eigenvalue weighted by molar-refractivity contribution is 6.30. The molecule has 120 valence electrons. The maximum atomic E-state index is 13.0. The van der Waals surface area contributed by atoms with Gasteiger partial charge in [0, 0.05) is 11.6 Å². The highest BCUT2D eigenvalue weighted by Crippen LogP contribution is 2.09. The number of halogens is 2. The standard InChI is InChI=1S/C17H15ClFNO3/c18-14-6-4-12(5-7-14)10-20-16(21)11-23-17(22)9-13-2-1-3-15(19)8-13/h1-8H,9-11H2,(H,20,21).